The summed E-state index contributed by atoms with van der Waals surface area (Å²) in [4.78, 5) is 0. The lowest BCUT2D eigenvalue weighted by molar-refractivity contribution is 0.185. The highest BCUT2D eigenvalue weighted by Crippen LogP contribution is 2.40. The molecule has 2 aromatic rings. The van der Waals surface area contributed by atoms with Crippen molar-refractivity contribution in [2.24, 2.45) is 5.41 Å². The Morgan fingerprint density at radius 1 is 1.24 bits per heavy atom. The summed E-state index contributed by atoms with van der Waals surface area (Å²) in [6.45, 7) is 4.58. The van der Waals surface area contributed by atoms with E-state index in [9.17, 15) is 4.39 Å². The molecule has 6 heteroatoms. The van der Waals surface area contributed by atoms with Crippen LogP contribution >= 0.6 is 0 Å². The molecular formula is C15H20FN5. The molecule has 0 bridgehead atoms. The van der Waals surface area contributed by atoms with Gasteiger partial charge in [0.15, 0.2) is 5.82 Å². The number of hydrogen-bond donors (Lipinski definition) is 1. The number of tetrazole rings is 1. The fourth-order valence-electron chi connectivity index (χ4n) is 3.00. The van der Waals surface area contributed by atoms with Gasteiger partial charge >= 0.3 is 0 Å². The van der Waals surface area contributed by atoms with E-state index in [4.69, 9.17) is 5.73 Å². The van der Waals surface area contributed by atoms with E-state index in [0.29, 0.717) is 22.5 Å². The smallest absolute Gasteiger partial charge is 0.182 e. The summed E-state index contributed by atoms with van der Waals surface area (Å²) < 4.78 is 15.4. The highest BCUT2D eigenvalue weighted by Gasteiger charge is 2.29. The van der Waals surface area contributed by atoms with Gasteiger partial charge in [0.1, 0.15) is 5.82 Å². The van der Waals surface area contributed by atoms with Crippen molar-refractivity contribution in [3.05, 3.63) is 24.0 Å². The first kappa shape index (κ1) is 14.0. The maximum absolute atomic E-state index is 13.5. The predicted molar refractivity (Wildman–Crippen MR) is 78.9 cm³/mol. The molecule has 0 radical (unpaired) electrons. The van der Waals surface area contributed by atoms with Crippen molar-refractivity contribution in [2.45, 2.75) is 45.6 Å². The maximum atomic E-state index is 13.5. The molecule has 112 valence electrons. The maximum Gasteiger partial charge on any atom is 0.182 e. The van der Waals surface area contributed by atoms with Crippen LogP contribution in [-0.4, -0.2) is 20.2 Å². The second-order valence-corrected chi connectivity index (χ2v) is 6.62. The van der Waals surface area contributed by atoms with Crippen LogP contribution in [0.1, 0.15) is 45.6 Å². The molecule has 1 aromatic heterocycles. The van der Waals surface area contributed by atoms with E-state index < -0.39 is 0 Å². The second kappa shape index (κ2) is 5.09. The van der Waals surface area contributed by atoms with Gasteiger partial charge in [-0.05, 0) is 59.7 Å². The first-order valence-electron chi connectivity index (χ1n) is 7.29. The van der Waals surface area contributed by atoms with E-state index in [0.717, 1.165) is 25.7 Å². The predicted octanol–water partition coefficient (Wildman–Crippen LogP) is 3.20. The van der Waals surface area contributed by atoms with Crippen molar-refractivity contribution >= 4 is 5.69 Å². The summed E-state index contributed by atoms with van der Waals surface area (Å²) >= 11 is 0. The molecule has 0 atom stereocenters. The number of benzene rings is 1. The van der Waals surface area contributed by atoms with Crippen molar-refractivity contribution in [3.63, 3.8) is 0 Å². The summed E-state index contributed by atoms with van der Waals surface area (Å²) in [5.74, 6) is 0.218. The molecule has 0 saturated heterocycles. The third kappa shape index (κ3) is 2.89. The molecule has 0 amide bonds. The molecule has 1 aromatic carbocycles. The van der Waals surface area contributed by atoms with Crippen LogP contribution < -0.4 is 5.73 Å². The number of anilines is 1. The topological polar surface area (TPSA) is 69.6 Å². The number of rotatable bonds is 2. The van der Waals surface area contributed by atoms with Crippen molar-refractivity contribution in [1.29, 1.82) is 0 Å². The lowest BCUT2D eigenvalue weighted by Gasteiger charge is -2.34. The summed E-state index contributed by atoms with van der Waals surface area (Å²) in [6.07, 6.45) is 4.36. The van der Waals surface area contributed by atoms with Gasteiger partial charge in [-0.1, -0.05) is 13.8 Å². The van der Waals surface area contributed by atoms with Gasteiger partial charge in [0.05, 0.1) is 6.04 Å². The molecule has 2 N–H and O–H groups in total. The number of nitrogen functional groups attached to an aromatic ring is 1. The molecule has 1 saturated carbocycles. The minimum Gasteiger partial charge on any atom is -0.399 e. The molecule has 1 aliphatic rings. The third-order valence-electron chi connectivity index (χ3n) is 4.33. The van der Waals surface area contributed by atoms with Gasteiger partial charge in [0, 0.05) is 11.3 Å². The van der Waals surface area contributed by atoms with Crippen molar-refractivity contribution in [2.75, 3.05) is 5.73 Å². The fourth-order valence-corrected chi connectivity index (χ4v) is 3.00. The van der Waals surface area contributed by atoms with Gasteiger partial charge in [-0.15, -0.1) is 5.10 Å². The Morgan fingerprint density at radius 3 is 2.62 bits per heavy atom. The lowest BCUT2D eigenvalue weighted by atomic mass is 9.75. The van der Waals surface area contributed by atoms with Crippen molar-refractivity contribution < 1.29 is 4.39 Å². The zero-order valence-electron chi connectivity index (χ0n) is 12.4. The first-order chi connectivity index (χ1) is 9.94. The first-order valence-corrected chi connectivity index (χ1v) is 7.29. The van der Waals surface area contributed by atoms with Crippen LogP contribution in [0.5, 0.6) is 0 Å². The fraction of sp³-hybridized carbons (Fsp3) is 0.533. The van der Waals surface area contributed by atoms with E-state index in [1.807, 2.05) is 4.68 Å². The van der Waals surface area contributed by atoms with Crippen molar-refractivity contribution in [3.8, 4) is 11.4 Å². The Bertz CT molecular complexity index is 619. The van der Waals surface area contributed by atoms with Gasteiger partial charge in [-0.25, -0.2) is 9.07 Å². The molecule has 0 unspecified atom stereocenters. The normalized spacial score (nSPS) is 18.8. The van der Waals surface area contributed by atoms with Crippen LogP contribution in [0, 0.1) is 11.2 Å². The van der Waals surface area contributed by atoms with Gasteiger partial charge in [-0.2, -0.15) is 0 Å². The number of aromatic nitrogens is 4. The summed E-state index contributed by atoms with van der Waals surface area (Å²) in [5.41, 5.74) is 7.10. The molecule has 0 spiro atoms. The average Bonchev–Trinajstić information content (AvgIpc) is 2.86. The summed E-state index contributed by atoms with van der Waals surface area (Å²) in [7, 11) is 0. The third-order valence-corrected chi connectivity index (χ3v) is 4.33. The molecule has 3 rings (SSSR count). The summed E-state index contributed by atoms with van der Waals surface area (Å²) in [6, 6.07) is 4.69. The monoisotopic (exact) mass is 289 g/mol. The highest BCUT2D eigenvalue weighted by molar-refractivity contribution is 5.61. The molecule has 1 heterocycles. The Kier molecular flexibility index (Phi) is 3.39. The van der Waals surface area contributed by atoms with E-state index in [-0.39, 0.29) is 11.9 Å². The zero-order valence-corrected chi connectivity index (χ0v) is 12.4. The van der Waals surface area contributed by atoms with Gasteiger partial charge in [0.25, 0.3) is 0 Å². The standard InChI is InChI=1S/C15H20FN5/c1-15(2)5-3-13(4-6-15)21-14(18-19-20-21)10-7-11(16)9-12(17)8-10/h7-9,13H,3-6,17H2,1-2H3. The number of nitrogens with two attached hydrogens (primary N) is 1. The minimum absolute atomic E-state index is 0.271. The van der Waals surface area contributed by atoms with Crippen LogP contribution in [0.4, 0.5) is 10.1 Å². The number of nitrogens with zero attached hydrogens (tertiary/aromatic N) is 4. The summed E-state index contributed by atoms with van der Waals surface area (Å²) in [5, 5.41) is 11.9. The molecule has 5 nitrogen and oxygen atoms in total. The lowest BCUT2D eigenvalue weighted by Crippen LogP contribution is -2.24. The Morgan fingerprint density at radius 2 is 1.95 bits per heavy atom. The largest absolute Gasteiger partial charge is 0.399 e. The second-order valence-electron chi connectivity index (χ2n) is 6.62. The molecule has 1 aliphatic carbocycles. The van der Waals surface area contributed by atoms with Crippen LogP contribution in [0.15, 0.2) is 18.2 Å². The van der Waals surface area contributed by atoms with E-state index >= 15 is 0 Å². The Labute approximate surface area is 123 Å². The Hall–Kier alpha value is -1.98. The molecule has 1 fully saturated rings. The van der Waals surface area contributed by atoms with Gasteiger partial charge < -0.3 is 5.73 Å². The average molecular weight is 289 g/mol. The van der Waals surface area contributed by atoms with Crippen LogP contribution in [-0.2, 0) is 0 Å². The number of hydrogen-bond acceptors (Lipinski definition) is 4. The molecule has 21 heavy (non-hydrogen) atoms. The minimum atomic E-state index is -0.371. The van der Waals surface area contributed by atoms with Gasteiger partial charge in [-0.3, -0.25) is 0 Å². The van der Waals surface area contributed by atoms with Crippen molar-refractivity contribution in [1.82, 2.24) is 20.2 Å². The SMILES string of the molecule is CC1(C)CCC(n2nnnc2-c2cc(N)cc(F)c2)CC1. The van der Waals surface area contributed by atoms with Gasteiger partial charge in [0.2, 0.25) is 0 Å². The van der Waals surface area contributed by atoms with E-state index in [2.05, 4.69) is 29.4 Å². The van der Waals surface area contributed by atoms with Crippen LogP contribution in [0.2, 0.25) is 0 Å². The van der Waals surface area contributed by atoms with E-state index in [1.54, 1.807) is 6.07 Å². The highest BCUT2D eigenvalue weighted by atomic mass is 19.1. The van der Waals surface area contributed by atoms with E-state index in [1.165, 1.54) is 12.1 Å². The quantitative estimate of drug-likeness (QED) is 0.862. The molecular weight excluding hydrogens is 269 g/mol. The Balaban J connectivity index is 1.91. The number of halogens is 1. The molecule has 0 aliphatic heterocycles. The zero-order chi connectivity index (χ0) is 15.0. The van der Waals surface area contributed by atoms with Crippen LogP contribution in [0.3, 0.4) is 0 Å². The van der Waals surface area contributed by atoms with Crippen LogP contribution in [0.25, 0.3) is 11.4 Å².